The summed E-state index contributed by atoms with van der Waals surface area (Å²) >= 11 is 0. The van der Waals surface area contributed by atoms with E-state index < -0.39 is 11.7 Å². The highest BCUT2D eigenvalue weighted by molar-refractivity contribution is 6.48. The van der Waals surface area contributed by atoms with Gasteiger partial charge in [0.2, 0.25) is 5.88 Å². The molecule has 0 saturated carbocycles. The first-order valence-corrected chi connectivity index (χ1v) is 9.06. The molecular formula is C22H19N3O3. The van der Waals surface area contributed by atoms with E-state index in [-0.39, 0.29) is 5.88 Å². The predicted molar refractivity (Wildman–Crippen MR) is 107 cm³/mol. The lowest BCUT2D eigenvalue weighted by Gasteiger charge is -2.01. The van der Waals surface area contributed by atoms with Gasteiger partial charge >= 0.3 is 0 Å². The number of aromatic nitrogens is 2. The number of nitrogens with zero attached hydrogens (tertiary/aromatic N) is 1. The largest absolute Gasteiger partial charge is 0.358 e. The Balaban J connectivity index is 1.54. The number of carbonyl (C=O) groups is 2. The molecule has 4 aromatic rings. The van der Waals surface area contributed by atoms with E-state index >= 15 is 0 Å². The molecule has 0 unspecified atom stereocenters. The Kier molecular flexibility index (Phi) is 4.53. The van der Waals surface area contributed by atoms with E-state index in [1.165, 1.54) is 5.56 Å². The van der Waals surface area contributed by atoms with E-state index in [0.717, 1.165) is 22.9 Å². The fourth-order valence-corrected chi connectivity index (χ4v) is 3.23. The van der Waals surface area contributed by atoms with Crippen molar-refractivity contribution in [1.29, 1.82) is 0 Å². The van der Waals surface area contributed by atoms with Crippen molar-refractivity contribution in [1.82, 2.24) is 10.1 Å². The van der Waals surface area contributed by atoms with Crippen molar-refractivity contribution >= 4 is 28.5 Å². The molecule has 0 fully saturated rings. The first-order chi connectivity index (χ1) is 13.6. The first kappa shape index (κ1) is 17.7. The van der Waals surface area contributed by atoms with Gasteiger partial charge in [-0.05, 0) is 25.0 Å². The molecule has 4 rings (SSSR count). The quantitative estimate of drug-likeness (QED) is 0.398. The van der Waals surface area contributed by atoms with E-state index in [4.69, 9.17) is 4.52 Å². The zero-order valence-corrected chi connectivity index (χ0v) is 15.6. The van der Waals surface area contributed by atoms with Gasteiger partial charge in [-0.3, -0.25) is 14.9 Å². The summed E-state index contributed by atoms with van der Waals surface area (Å²) in [4.78, 5) is 28.3. The maximum Gasteiger partial charge on any atom is 0.299 e. The Labute approximate surface area is 161 Å². The van der Waals surface area contributed by atoms with Crippen LogP contribution in [-0.2, 0) is 11.2 Å². The maximum absolute atomic E-state index is 12.7. The van der Waals surface area contributed by atoms with Crippen LogP contribution in [0.5, 0.6) is 0 Å². The van der Waals surface area contributed by atoms with Crippen LogP contribution in [0.2, 0.25) is 0 Å². The number of H-pyrrole nitrogens is 1. The van der Waals surface area contributed by atoms with Gasteiger partial charge in [0.05, 0.1) is 5.56 Å². The van der Waals surface area contributed by atoms with E-state index in [1.54, 1.807) is 13.0 Å². The van der Waals surface area contributed by atoms with Crippen LogP contribution >= 0.6 is 0 Å². The molecule has 2 N–H and O–H groups in total. The van der Waals surface area contributed by atoms with Crippen LogP contribution in [-0.4, -0.2) is 21.8 Å². The molecule has 0 atom stereocenters. The number of aryl methyl sites for hydroxylation is 2. The fraction of sp³-hybridized carbons (Fsp3) is 0.136. The fourth-order valence-electron chi connectivity index (χ4n) is 3.23. The zero-order chi connectivity index (χ0) is 19.7. The summed E-state index contributed by atoms with van der Waals surface area (Å²) in [5.41, 5.74) is 4.52. The van der Waals surface area contributed by atoms with Gasteiger partial charge in [0, 0.05) is 28.2 Å². The Morgan fingerprint density at radius 3 is 2.61 bits per heavy atom. The van der Waals surface area contributed by atoms with Gasteiger partial charge in [-0.25, -0.2) is 0 Å². The van der Waals surface area contributed by atoms with Gasteiger partial charge < -0.3 is 9.51 Å². The molecule has 2 heterocycles. The maximum atomic E-state index is 12.7. The number of carbonyl (C=O) groups excluding carboxylic acids is 2. The number of ketones is 1. The molecule has 0 spiro atoms. The molecule has 2 aromatic heterocycles. The lowest BCUT2D eigenvalue weighted by molar-refractivity contribution is -0.112. The number of fused-ring (bicyclic) bond motifs is 1. The highest BCUT2D eigenvalue weighted by Crippen LogP contribution is 2.24. The van der Waals surface area contributed by atoms with Crippen LogP contribution in [0.25, 0.3) is 22.2 Å². The molecule has 1 amide bonds. The third-order valence-corrected chi connectivity index (χ3v) is 4.73. The van der Waals surface area contributed by atoms with Gasteiger partial charge in [0.1, 0.15) is 5.69 Å². The molecule has 0 aliphatic carbocycles. The molecule has 0 aliphatic rings. The van der Waals surface area contributed by atoms with Crippen molar-refractivity contribution < 1.29 is 14.1 Å². The van der Waals surface area contributed by atoms with Crippen molar-refractivity contribution in [2.75, 3.05) is 5.32 Å². The van der Waals surface area contributed by atoms with Crippen LogP contribution in [0, 0.1) is 6.92 Å². The third kappa shape index (κ3) is 3.20. The van der Waals surface area contributed by atoms with Crippen molar-refractivity contribution in [3.63, 3.8) is 0 Å². The molecule has 2 aromatic carbocycles. The minimum atomic E-state index is -0.767. The standard InChI is InChI=1S/C22H19N3O3/c1-3-14-8-10-15(11-9-14)18-12-19(28-25-18)24-22(27)21(26)20-13(2)23-17-7-5-4-6-16(17)20/h4-12,23H,3H2,1-2H3,(H,24,27). The predicted octanol–water partition coefficient (Wildman–Crippen LogP) is 4.52. The van der Waals surface area contributed by atoms with E-state index in [1.807, 2.05) is 48.5 Å². The highest BCUT2D eigenvalue weighted by Gasteiger charge is 2.23. The molecule has 28 heavy (non-hydrogen) atoms. The Bertz CT molecular complexity index is 1170. The van der Waals surface area contributed by atoms with Crippen LogP contribution in [0.15, 0.2) is 59.1 Å². The number of Topliss-reactive ketones (excluding diaryl/α,β-unsaturated/α-hetero) is 1. The Morgan fingerprint density at radius 1 is 1.11 bits per heavy atom. The number of amides is 1. The smallest absolute Gasteiger partial charge is 0.299 e. The highest BCUT2D eigenvalue weighted by atomic mass is 16.5. The SMILES string of the molecule is CCc1ccc(-c2cc(NC(=O)C(=O)c3c(C)[nH]c4ccccc34)on2)cc1. The Morgan fingerprint density at radius 2 is 1.86 bits per heavy atom. The number of hydrogen-bond donors (Lipinski definition) is 2. The molecule has 0 bridgehead atoms. The van der Waals surface area contributed by atoms with Crippen LogP contribution in [0.3, 0.4) is 0 Å². The molecular weight excluding hydrogens is 354 g/mol. The summed E-state index contributed by atoms with van der Waals surface area (Å²) in [7, 11) is 0. The number of benzene rings is 2. The summed E-state index contributed by atoms with van der Waals surface area (Å²) in [6.07, 6.45) is 0.954. The number of aromatic amines is 1. The third-order valence-electron chi connectivity index (χ3n) is 4.73. The minimum absolute atomic E-state index is 0.130. The van der Waals surface area contributed by atoms with Gasteiger partial charge in [-0.2, -0.15) is 0 Å². The van der Waals surface area contributed by atoms with E-state index in [2.05, 4.69) is 22.4 Å². The van der Waals surface area contributed by atoms with Crippen LogP contribution in [0.1, 0.15) is 28.5 Å². The zero-order valence-electron chi connectivity index (χ0n) is 15.6. The lowest BCUT2D eigenvalue weighted by Crippen LogP contribution is -2.23. The van der Waals surface area contributed by atoms with E-state index in [9.17, 15) is 9.59 Å². The summed E-state index contributed by atoms with van der Waals surface area (Å²) in [6.45, 7) is 3.86. The van der Waals surface area contributed by atoms with Crippen molar-refractivity contribution in [2.24, 2.45) is 0 Å². The van der Waals surface area contributed by atoms with Crippen molar-refractivity contribution in [3.05, 3.63) is 71.4 Å². The Hall–Kier alpha value is -3.67. The topological polar surface area (TPSA) is 88.0 Å². The second-order valence-corrected chi connectivity index (χ2v) is 6.58. The second-order valence-electron chi connectivity index (χ2n) is 6.58. The van der Waals surface area contributed by atoms with Crippen LogP contribution in [0.4, 0.5) is 5.88 Å². The summed E-state index contributed by atoms with van der Waals surface area (Å²) < 4.78 is 5.19. The summed E-state index contributed by atoms with van der Waals surface area (Å²) in [6, 6.07) is 16.9. The van der Waals surface area contributed by atoms with Gasteiger partial charge in [0.15, 0.2) is 0 Å². The molecule has 140 valence electrons. The molecule has 6 heteroatoms. The monoisotopic (exact) mass is 373 g/mol. The summed E-state index contributed by atoms with van der Waals surface area (Å²) in [5, 5.41) is 7.20. The van der Waals surface area contributed by atoms with Crippen LogP contribution < -0.4 is 5.32 Å². The van der Waals surface area contributed by atoms with Gasteiger partial charge in [0.25, 0.3) is 11.7 Å². The van der Waals surface area contributed by atoms with E-state index in [0.29, 0.717) is 17.0 Å². The number of anilines is 1. The average molecular weight is 373 g/mol. The second kappa shape index (κ2) is 7.15. The molecule has 0 saturated heterocycles. The van der Waals surface area contributed by atoms with Gasteiger partial charge in [-0.15, -0.1) is 0 Å². The lowest BCUT2D eigenvalue weighted by atomic mass is 10.1. The van der Waals surface area contributed by atoms with Gasteiger partial charge in [-0.1, -0.05) is 54.5 Å². The minimum Gasteiger partial charge on any atom is -0.358 e. The first-order valence-electron chi connectivity index (χ1n) is 9.06. The van der Waals surface area contributed by atoms with Crippen molar-refractivity contribution in [2.45, 2.75) is 20.3 Å². The number of hydrogen-bond acceptors (Lipinski definition) is 4. The van der Waals surface area contributed by atoms with Crippen molar-refractivity contribution in [3.8, 4) is 11.3 Å². The molecule has 0 radical (unpaired) electrons. The number of nitrogens with one attached hydrogen (secondary N) is 2. The molecule has 6 nitrogen and oxygen atoms in total. The average Bonchev–Trinajstić information content (AvgIpc) is 3.31. The normalized spacial score (nSPS) is 10.9. The number of para-hydroxylation sites is 1. The number of rotatable bonds is 5. The molecule has 0 aliphatic heterocycles. The summed E-state index contributed by atoms with van der Waals surface area (Å²) in [5.74, 6) is -1.26.